The summed E-state index contributed by atoms with van der Waals surface area (Å²) in [5.74, 6) is 0.827. The molecular formula is C24H25Cl2NO. The number of rotatable bonds is 6. The maximum absolute atomic E-state index is 12.4. The van der Waals surface area contributed by atoms with Gasteiger partial charge in [-0.2, -0.15) is 0 Å². The van der Waals surface area contributed by atoms with Crippen molar-refractivity contribution >= 4 is 29.0 Å². The lowest BCUT2D eigenvalue weighted by Gasteiger charge is -2.23. The average molecular weight is 414 g/mol. The first-order chi connectivity index (χ1) is 13.6. The number of carbonyl (C=O) groups excluding carboxylic acids is 1. The van der Waals surface area contributed by atoms with E-state index in [1.807, 2.05) is 42.5 Å². The van der Waals surface area contributed by atoms with E-state index in [1.165, 1.54) is 30.4 Å². The van der Waals surface area contributed by atoms with E-state index in [4.69, 9.17) is 23.2 Å². The lowest BCUT2D eigenvalue weighted by molar-refractivity contribution is 0.104. The predicted octanol–water partition coefficient (Wildman–Crippen LogP) is 6.40. The van der Waals surface area contributed by atoms with Crippen LogP contribution in [0.1, 0.15) is 53.6 Å². The highest BCUT2D eigenvalue weighted by Gasteiger charge is 2.27. The molecule has 4 heteroatoms. The number of nitrogens with one attached hydrogen (secondary N) is 1. The van der Waals surface area contributed by atoms with Gasteiger partial charge in [0.05, 0.1) is 10.0 Å². The number of fused-ring (bicyclic) bond motifs is 1. The van der Waals surface area contributed by atoms with Crippen LogP contribution in [0.3, 0.4) is 0 Å². The second-order valence-corrected chi connectivity index (χ2v) is 8.78. The van der Waals surface area contributed by atoms with Gasteiger partial charge in [-0.15, -0.1) is 0 Å². The Morgan fingerprint density at radius 1 is 1.04 bits per heavy atom. The van der Waals surface area contributed by atoms with Crippen molar-refractivity contribution in [2.45, 2.75) is 51.1 Å². The standard InChI is InChI=1S/C24H25Cl2NO/c25-21-11-9-17(13-22(21)26)15-27-23-7-3-5-18(23)10-8-16-12-19-4-1-2-6-20(19)24(28)14-16/h1-2,4,6,9,11,13-14,18,23,27H,3,5,7-8,10,12,15H2/t18-,23+/m0/s1. The Balaban J connectivity index is 1.32. The molecule has 0 radical (unpaired) electrons. The molecule has 0 heterocycles. The van der Waals surface area contributed by atoms with Crippen LogP contribution in [0, 0.1) is 5.92 Å². The number of carbonyl (C=O) groups is 1. The first-order valence-electron chi connectivity index (χ1n) is 10.1. The molecule has 146 valence electrons. The summed E-state index contributed by atoms with van der Waals surface area (Å²) in [7, 11) is 0. The van der Waals surface area contributed by atoms with Crippen LogP contribution < -0.4 is 5.32 Å². The van der Waals surface area contributed by atoms with Gasteiger partial charge >= 0.3 is 0 Å². The van der Waals surface area contributed by atoms with Gasteiger partial charge in [0.25, 0.3) is 0 Å². The van der Waals surface area contributed by atoms with Crippen LogP contribution in [0.25, 0.3) is 0 Å². The summed E-state index contributed by atoms with van der Waals surface area (Å²) >= 11 is 12.1. The number of hydrogen-bond acceptors (Lipinski definition) is 2. The number of halogens is 2. The first-order valence-corrected chi connectivity index (χ1v) is 10.8. The summed E-state index contributed by atoms with van der Waals surface area (Å²) in [5.41, 5.74) is 4.48. The van der Waals surface area contributed by atoms with E-state index >= 15 is 0 Å². The molecule has 1 saturated carbocycles. The van der Waals surface area contributed by atoms with E-state index in [0.29, 0.717) is 22.0 Å². The van der Waals surface area contributed by atoms with Crippen molar-refractivity contribution in [3.8, 4) is 0 Å². The molecule has 2 nitrogen and oxygen atoms in total. The molecule has 4 rings (SSSR count). The molecule has 2 atom stereocenters. The molecule has 28 heavy (non-hydrogen) atoms. The highest BCUT2D eigenvalue weighted by Crippen LogP contribution is 2.33. The lowest BCUT2D eigenvalue weighted by atomic mass is 9.86. The number of hydrogen-bond donors (Lipinski definition) is 1. The van der Waals surface area contributed by atoms with Gasteiger partial charge in [-0.25, -0.2) is 0 Å². The zero-order chi connectivity index (χ0) is 19.5. The SMILES string of the molecule is O=C1C=C(CC[C@@H]2CCC[C@H]2NCc2ccc(Cl)c(Cl)c2)Cc2ccccc21. The molecule has 1 N–H and O–H groups in total. The highest BCUT2D eigenvalue weighted by atomic mass is 35.5. The minimum atomic E-state index is 0.164. The van der Waals surface area contributed by atoms with Gasteiger partial charge in [-0.1, -0.05) is 65.5 Å². The Morgan fingerprint density at radius 3 is 2.75 bits per heavy atom. The van der Waals surface area contributed by atoms with Crippen molar-refractivity contribution in [1.29, 1.82) is 0 Å². The van der Waals surface area contributed by atoms with Crippen molar-refractivity contribution < 1.29 is 4.79 Å². The topological polar surface area (TPSA) is 29.1 Å². The van der Waals surface area contributed by atoms with Gasteiger partial charge in [0.15, 0.2) is 5.78 Å². The van der Waals surface area contributed by atoms with Crippen LogP contribution >= 0.6 is 23.2 Å². The Labute approximate surface area is 176 Å². The Kier molecular flexibility index (Phi) is 6.20. The monoisotopic (exact) mass is 413 g/mol. The molecule has 0 aromatic heterocycles. The molecule has 2 aliphatic carbocycles. The summed E-state index contributed by atoms with van der Waals surface area (Å²) in [6.07, 6.45) is 8.68. The largest absolute Gasteiger partial charge is 0.310 e. The summed E-state index contributed by atoms with van der Waals surface area (Å²) < 4.78 is 0. The molecule has 1 fully saturated rings. The van der Waals surface area contributed by atoms with Crippen LogP contribution in [-0.2, 0) is 13.0 Å². The lowest BCUT2D eigenvalue weighted by Crippen LogP contribution is -2.32. The fraction of sp³-hybridized carbons (Fsp3) is 0.375. The zero-order valence-corrected chi connectivity index (χ0v) is 17.4. The van der Waals surface area contributed by atoms with E-state index < -0.39 is 0 Å². The summed E-state index contributed by atoms with van der Waals surface area (Å²) in [6.45, 7) is 0.812. The molecule has 0 unspecified atom stereocenters. The van der Waals surface area contributed by atoms with Gasteiger partial charge in [-0.3, -0.25) is 4.79 Å². The van der Waals surface area contributed by atoms with Crippen LogP contribution in [0.2, 0.25) is 10.0 Å². The summed E-state index contributed by atoms with van der Waals surface area (Å²) in [6, 6.07) is 14.3. The van der Waals surface area contributed by atoms with Gasteiger partial charge < -0.3 is 5.32 Å². The Hall–Kier alpha value is -1.61. The first kappa shape index (κ1) is 19.7. The minimum absolute atomic E-state index is 0.164. The van der Waals surface area contributed by atoms with Gasteiger partial charge in [0.2, 0.25) is 0 Å². The van der Waals surface area contributed by atoms with E-state index in [0.717, 1.165) is 36.9 Å². The van der Waals surface area contributed by atoms with Gasteiger partial charge in [0, 0.05) is 18.2 Å². The van der Waals surface area contributed by atoms with Crippen LogP contribution in [0.5, 0.6) is 0 Å². The average Bonchev–Trinajstić information content (AvgIpc) is 3.15. The van der Waals surface area contributed by atoms with E-state index in [-0.39, 0.29) is 5.78 Å². The molecular weight excluding hydrogens is 389 g/mol. The molecule has 0 spiro atoms. The predicted molar refractivity (Wildman–Crippen MR) is 116 cm³/mol. The third kappa shape index (κ3) is 4.51. The van der Waals surface area contributed by atoms with Crippen molar-refractivity contribution in [2.24, 2.45) is 5.92 Å². The molecule has 0 amide bonds. The molecule has 2 aliphatic rings. The molecule has 2 aromatic rings. The van der Waals surface area contributed by atoms with E-state index in [2.05, 4.69) is 11.4 Å². The number of ketones is 1. The quantitative estimate of drug-likeness (QED) is 0.593. The maximum Gasteiger partial charge on any atom is 0.186 e. The smallest absolute Gasteiger partial charge is 0.186 e. The molecule has 0 aliphatic heterocycles. The fourth-order valence-corrected chi connectivity index (χ4v) is 4.88. The third-order valence-electron chi connectivity index (χ3n) is 6.08. The van der Waals surface area contributed by atoms with E-state index in [9.17, 15) is 4.79 Å². The highest BCUT2D eigenvalue weighted by molar-refractivity contribution is 6.42. The van der Waals surface area contributed by atoms with Crippen molar-refractivity contribution in [2.75, 3.05) is 0 Å². The number of allylic oxidation sites excluding steroid dienone is 2. The summed E-state index contributed by atoms with van der Waals surface area (Å²) in [4.78, 5) is 12.4. The van der Waals surface area contributed by atoms with Crippen LogP contribution in [0.15, 0.2) is 54.1 Å². The zero-order valence-electron chi connectivity index (χ0n) is 15.9. The molecule has 0 bridgehead atoms. The van der Waals surface area contributed by atoms with Crippen molar-refractivity contribution in [1.82, 2.24) is 5.32 Å². The van der Waals surface area contributed by atoms with Crippen LogP contribution in [0.4, 0.5) is 0 Å². The Morgan fingerprint density at radius 2 is 1.89 bits per heavy atom. The van der Waals surface area contributed by atoms with Crippen molar-refractivity contribution in [3.63, 3.8) is 0 Å². The van der Waals surface area contributed by atoms with Crippen LogP contribution in [-0.4, -0.2) is 11.8 Å². The fourth-order valence-electron chi connectivity index (χ4n) is 4.55. The number of benzene rings is 2. The van der Waals surface area contributed by atoms with E-state index in [1.54, 1.807) is 0 Å². The third-order valence-corrected chi connectivity index (χ3v) is 6.82. The van der Waals surface area contributed by atoms with Gasteiger partial charge in [0.1, 0.15) is 0 Å². The normalized spacial score (nSPS) is 21.5. The molecule has 2 aromatic carbocycles. The van der Waals surface area contributed by atoms with Crippen molar-refractivity contribution in [3.05, 3.63) is 80.8 Å². The maximum atomic E-state index is 12.4. The Bertz CT molecular complexity index is 905. The van der Waals surface area contributed by atoms with Gasteiger partial charge in [-0.05, 0) is 67.4 Å². The second-order valence-electron chi connectivity index (χ2n) is 7.97. The summed E-state index contributed by atoms with van der Waals surface area (Å²) in [5, 5.41) is 4.93. The molecule has 0 saturated heterocycles. The second kappa shape index (κ2) is 8.82. The minimum Gasteiger partial charge on any atom is -0.310 e.